The molecular formula is C12H11FN2S2. The van der Waals surface area contributed by atoms with Crippen LogP contribution in [-0.2, 0) is 0 Å². The number of aromatic nitrogens is 2. The third-order valence-electron chi connectivity index (χ3n) is 2.84. The first-order valence-electron chi connectivity index (χ1n) is 5.49. The molecule has 1 atom stereocenters. The average molecular weight is 266 g/mol. The van der Waals surface area contributed by atoms with E-state index in [9.17, 15) is 4.39 Å². The van der Waals surface area contributed by atoms with Gasteiger partial charge < -0.3 is 0 Å². The van der Waals surface area contributed by atoms with Crippen LogP contribution in [0.4, 0.5) is 4.39 Å². The highest BCUT2D eigenvalue weighted by Crippen LogP contribution is 2.46. The highest BCUT2D eigenvalue weighted by Gasteiger charge is 2.31. The summed E-state index contributed by atoms with van der Waals surface area (Å²) in [7, 11) is 0. The summed E-state index contributed by atoms with van der Waals surface area (Å²) in [6.07, 6.45) is 7.19. The van der Waals surface area contributed by atoms with Gasteiger partial charge in [-0.1, -0.05) is 0 Å². The van der Waals surface area contributed by atoms with Crippen LogP contribution in [-0.4, -0.2) is 9.97 Å². The van der Waals surface area contributed by atoms with Gasteiger partial charge in [0.25, 0.3) is 0 Å². The van der Waals surface area contributed by atoms with Crippen molar-refractivity contribution in [2.24, 2.45) is 5.92 Å². The first-order chi connectivity index (χ1) is 8.24. The fourth-order valence-corrected chi connectivity index (χ4v) is 3.23. The van der Waals surface area contributed by atoms with Gasteiger partial charge in [0, 0.05) is 28.1 Å². The molecule has 1 fully saturated rings. The number of halogens is 1. The Balaban J connectivity index is 1.89. The molecule has 3 rings (SSSR count). The van der Waals surface area contributed by atoms with Gasteiger partial charge in [-0.25, -0.2) is 9.37 Å². The molecule has 0 aliphatic heterocycles. The molecule has 2 aromatic rings. The van der Waals surface area contributed by atoms with Crippen LogP contribution in [0.2, 0.25) is 0 Å². The zero-order valence-electron chi connectivity index (χ0n) is 9.01. The van der Waals surface area contributed by atoms with Crippen LogP contribution in [0, 0.1) is 11.7 Å². The number of thiol groups is 1. The van der Waals surface area contributed by atoms with Gasteiger partial charge >= 0.3 is 0 Å². The van der Waals surface area contributed by atoms with Crippen LogP contribution >= 0.6 is 24.0 Å². The minimum atomic E-state index is -0.330. The Morgan fingerprint density at radius 3 is 2.88 bits per heavy atom. The highest BCUT2D eigenvalue weighted by molar-refractivity contribution is 7.80. The first-order valence-corrected chi connectivity index (χ1v) is 6.82. The Labute approximate surface area is 108 Å². The molecule has 0 aromatic carbocycles. The molecule has 1 unspecified atom stereocenters. The summed E-state index contributed by atoms with van der Waals surface area (Å²) in [5.41, 5.74) is 0.734. The summed E-state index contributed by atoms with van der Waals surface area (Å²) in [5.74, 6) is 0.362. The van der Waals surface area contributed by atoms with Crippen LogP contribution < -0.4 is 0 Å². The summed E-state index contributed by atoms with van der Waals surface area (Å²) in [6, 6.07) is 1.46. The van der Waals surface area contributed by atoms with Gasteiger partial charge in [-0.2, -0.15) is 12.6 Å². The lowest BCUT2D eigenvalue weighted by Crippen LogP contribution is -1.87. The molecule has 0 spiro atoms. The normalized spacial score (nSPS) is 17.1. The number of pyridine rings is 1. The third-order valence-corrected chi connectivity index (χ3v) is 4.84. The zero-order valence-corrected chi connectivity index (χ0v) is 10.7. The van der Waals surface area contributed by atoms with Crippen molar-refractivity contribution in [3.8, 4) is 10.6 Å². The quantitative estimate of drug-likeness (QED) is 0.857. The van der Waals surface area contributed by atoms with Gasteiger partial charge in [0.1, 0.15) is 10.8 Å². The summed E-state index contributed by atoms with van der Waals surface area (Å²) in [5, 5.41) is 1.09. The largest absolute Gasteiger partial charge is 0.261 e. The maximum Gasteiger partial charge on any atom is 0.142 e. The second-order valence-corrected chi connectivity index (χ2v) is 5.86. The topological polar surface area (TPSA) is 25.8 Å². The fourth-order valence-electron chi connectivity index (χ4n) is 1.73. The second-order valence-electron chi connectivity index (χ2n) is 4.24. The molecular weight excluding hydrogens is 255 g/mol. The lowest BCUT2D eigenvalue weighted by molar-refractivity contribution is 0.622. The Morgan fingerprint density at radius 1 is 1.35 bits per heavy atom. The van der Waals surface area contributed by atoms with Crippen molar-refractivity contribution in [2.75, 3.05) is 0 Å². The molecule has 0 radical (unpaired) electrons. The van der Waals surface area contributed by atoms with Crippen LogP contribution in [0.25, 0.3) is 10.6 Å². The summed E-state index contributed by atoms with van der Waals surface area (Å²) >= 11 is 6.18. The maximum absolute atomic E-state index is 13.1. The molecule has 0 N–H and O–H groups in total. The van der Waals surface area contributed by atoms with E-state index < -0.39 is 0 Å². The molecule has 0 saturated heterocycles. The maximum atomic E-state index is 13.1. The molecule has 1 aliphatic rings. The molecule has 1 aliphatic carbocycles. The van der Waals surface area contributed by atoms with Gasteiger partial charge in [-0.3, -0.25) is 4.98 Å². The van der Waals surface area contributed by atoms with Crippen molar-refractivity contribution in [1.29, 1.82) is 0 Å². The Bertz CT molecular complexity index is 537. The van der Waals surface area contributed by atoms with E-state index in [0.29, 0.717) is 5.92 Å². The molecule has 0 bridgehead atoms. The Kier molecular flexibility index (Phi) is 2.88. The number of hydrogen-bond acceptors (Lipinski definition) is 4. The highest BCUT2D eigenvalue weighted by atomic mass is 32.1. The van der Waals surface area contributed by atoms with E-state index in [0.717, 1.165) is 15.4 Å². The van der Waals surface area contributed by atoms with Crippen molar-refractivity contribution >= 4 is 24.0 Å². The van der Waals surface area contributed by atoms with Crippen LogP contribution in [0.15, 0.2) is 24.7 Å². The zero-order chi connectivity index (χ0) is 11.8. The van der Waals surface area contributed by atoms with Crippen LogP contribution in [0.3, 0.4) is 0 Å². The second kappa shape index (κ2) is 4.38. The molecule has 0 amide bonds. The van der Waals surface area contributed by atoms with E-state index in [4.69, 9.17) is 0 Å². The fraction of sp³-hybridized carbons (Fsp3) is 0.333. The van der Waals surface area contributed by atoms with E-state index in [-0.39, 0.29) is 11.1 Å². The smallest absolute Gasteiger partial charge is 0.142 e. The van der Waals surface area contributed by atoms with Gasteiger partial charge in [-0.15, -0.1) is 11.3 Å². The Hall–Kier alpha value is -0.940. The molecule has 2 aromatic heterocycles. The molecule has 5 heteroatoms. The van der Waals surface area contributed by atoms with Crippen molar-refractivity contribution in [2.45, 2.75) is 18.1 Å². The lowest BCUT2D eigenvalue weighted by atomic mass is 10.2. The van der Waals surface area contributed by atoms with Gasteiger partial charge in [0.15, 0.2) is 0 Å². The average Bonchev–Trinajstić information content (AvgIpc) is 3.05. The lowest BCUT2D eigenvalue weighted by Gasteiger charge is -2.03. The van der Waals surface area contributed by atoms with E-state index in [2.05, 4.69) is 22.6 Å². The van der Waals surface area contributed by atoms with E-state index in [1.807, 2.05) is 6.20 Å². The van der Waals surface area contributed by atoms with Gasteiger partial charge in [0.05, 0.1) is 6.20 Å². The van der Waals surface area contributed by atoms with Crippen molar-refractivity contribution < 1.29 is 4.39 Å². The molecule has 88 valence electrons. The van der Waals surface area contributed by atoms with Crippen LogP contribution in [0.1, 0.15) is 23.0 Å². The summed E-state index contributed by atoms with van der Waals surface area (Å²) < 4.78 is 13.1. The molecule has 17 heavy (non-hydrogen) atoms. The SMILES string of the molecule is Fc1cncc(-c2ncc(C(S)C3CC3)s2)c1. The number of nitrogens with zero attached hydrogens (tertiary/aromatic N) is 2. The standard InChI is InChI=1S/C12H11FN2S2/c13-9-3-8(4-14-5-9)12-15-6-10(17-12)11(16)7-1-2-7/h3-7,11,16H,1-2H2. The number of hydrogen-bond donors (Lipinski definition) is 1. The molecule has 2 nitrogen and oxygen atoms in total. The molecule has 1 saturated carbocycles. The number of rotatable bonds is 3. The first kappa shape index (κ1) is 11.2. The van der Waals surface area contributed by atoms with Gasteiger partial charge in [0.2, 0.25) is 0 Å². The summed E-state index contributed by atoms with van der Waals surface area (Å²) in [4.78, 5) is 9.32. The minimum absolute atomic E-state index is 0.280. The van der Waals surface area contributed by atoms with Crippen molar-refractivity contribution in [3.05, 3.63) is 35.4 Å². The predicted octanol–water partition coefficient (Wildman–Crippen LogP) is 3.73. The van der Waals surface area contributed by atoms with E-state index in [1.165, 1.54) is 25.1 Å². The van der Waals surface area contributed by atoms with Crippen LogP contribution in [0.5, 0.6) is 0 Å². The van der Waals surface area contributed by atoms with E-state index in [1.54, 1.807) is 17.5 Å². The molecule has 2 heterocycles. The predicted molar refractivity (Wildman–Crippen MR) is 69.8 cm³/mol. The number of thiazole rings is 1. The monoisotopic (exact) mass is 266 g/mol. The Morgan fingerprint density at radius 2 is 2.18 bits per heavy atom. The van der Waals surface area contributed by atoms with Gasteiger partial charge in [-0.05, 0) is 24.8 Å². The third kappa shape index (κ3) is 2.35. The van der Waals surface area contributed by atoms with Crippen molar-refractivity contribution in [3.63, 3.8) is 0 Å². The van der Waals surface area contributed by atoms with E-state index >= 15 is 0 Å². The van der Waals surface area contributed by atoms with Crippen molar-refractivity contribution in [1.82, 2.24) is 9.97 Å². The minimum Gasteiger partial charge on any atom is -0.261 e. The summed E-state index contributed by atoms with van der Waals surface area (Å²) in [6.45, 7) is 0.